The molecule has 0 fully saturated rings. The van der Waals surface area contributed by atoms with E-state index < -0.39 is 11.5 Å². The summed E-state index contributed by atoms with van der Waals surface area (Å²) in [5.41, 5.74) is -0.490. The van der Waals surface area contributed by atoms with E-state index in [0.717, 1.165) is 38.5 Å². The molecular formula is C37H48N2O4. The van der Waals surface area contributed by atoms with Gasteiger partial charge in [-0.15, -0.1) is 0 Å². The van der Waals surface area contributed by atoms with Gasteiger partial charge in [0, 0.05) is 31.1 Å². The average Bonchev–Trinajstić information content (AvgIpc) is 3.33. The molecule has 1 aromatic rings. The van der Waals surface area contributed by atoms with Crippen molar-refractivity contribution in [2.45, 2.75) is 77.2 Å². The van der Waals surface area contributed by atoms with Crippen molar-refractivity contribution in [2.75, 3.05) is 13.1 Å². The van der Waals surface area contributed by atoms with Gasteiger partial charge in [0.05, 0.1) is 0 Å². The Kier molecular flexibility index (Phi) is 17.5. The molecule has 0 bridgehead atoms. The minimum absolute atomic E-state index is 0.0109. The molecule has 1 aliphatic heterocycles. The molecule has 0 saturated carbocycles. The summed E-state index contributed by atoms with van der Waals surface area (Å²) in [5, 5.41) is 5.62. The highest BCUT2D eigenvalue weighted by Crippen LogP contribution is 2.34. The Bertz CT molecular complexity index is 1200. The van der Waals surface area contributed by atoms with Crippen LogP contribution in [0.1, 0.15) is 77.2 Å². The fourth-order valence-electron chi connectivity index (χ4n) is 4.17. The van der Waals surface area contributed by atoms with E-state index in [0.29, 0.717) is 37.9 Å². The molecule has 2 rings (SSSR count). The Morgan fingerprint density at radius 3 is 1.81 bits per heavy atom. The van der Waals surface area contributed by atoms with Crippen molar-refractivity contribution in [3.63, 3.8) is 0 Å². The summed E-state index contributed by atoms with van der Waals surface area (Å²) in [6.07, 6.45) is 34.7. The quantitative estimate of drug-likeness (QED) is 0.123. The van der Waals surface area contributed by atoms with Crippen molar-refractivity contribution in [1.29, 1.82) is 0 Å². The zero-order chi connectivity index (χ0) is 31.0. The average molecular weight is 585 g/mol. The molecule has 230 valence electrons. The maximum Gasteiger partial charge on any atom is 0.286 e. The lowest BCUT2D eigenvalue weighted by molar-refractivity contribution is -0.132. The van der Waals surface area contributed by atoms with Crippen LogP contribution in [0.4, 0.5) is 0 Å². The molecular weight excluding hydrogens is 536 g/mol. The smallest absolute Gasteiger partial charge is 0.286 e. The minimum Gasteiger partial charge on any atom is -0.469 e. The molecule has 1 atom stereocenters. The van der Waals surface area contributed by atoms with Crippen molar-refractivity contribution >= 4 is 17.6 Å². The highest BCUT2D eigenvalue weighted by molar-refractivity contribution is 6.07. The van der Waals surface area contributed by atoms with Gasteiger partial charge in [0.15, 0.2) is 11.4 Å². The van der Waals surface area contributed by atoms with Gasteiger partial charge in [0.25, 0.3) is 5.91 Å². The van der Waals surface area contributed by atoms with Gasteiger partial charge in [0.1, 0.15) is 0 Å². The van der Waals surface area contributed by atoms with E-state index >= 15 is 0 Å². The van der Waals surface area contributed by atoms with Gasteiger partial charge >= 0.3 is 0 Å². The maximum absolute atomic E-state index is 12.5. The third-order valence-electron chi connectivity index (χ3n) is 6.69. The molecule has 1 heterocycles. The van der Waals surface area contributed by atoms with Crippen LogP contribution < -0.4 is 10.6 Å². The highest BCUT2D eigenvalue weighted by atomic mass is 16.5. The number of amides is 2. The van der Waals surface area contributed by atoms with Crippen LogP contribution in [0.3, 0.4) is 0 Å². The van der Waals surface area contributed by atoms with Crippen LogP contribution in [0.5, 0.6) is 0 Å². The Morgan fingerprint density at radius 2 is 1.26 bits per heavy atom. The van der Waals surface area contributed by atoms with Crippen LogP contribution in [0, 0.1) is 0 Å². The van der Waals surface area contributed by atoms with Crippen molar-refractivity contribution in [2.24, 2.45) is 0 Å². The lowest BCUT2D eigenvalue weighted by Gasteiger charge is -2.23. The van der Waals surface area contributed by atoms with Crippen molar-refractivity contribution in [3.05, 3.63) is 121 Å². The maximum atomic E-state index is 12.5. The molecule has 6 heteroatoms. The number of carbonyl (C=O) groups excluding carboxylic acids is 3. The molecule has 0 aliphatic carbocycles. The number of ketones is 1. The molecule has 2 N–H and O–H groups in total. The number of hydrogen-bond donors (Lipinski definition) is 2. The van der Waals surface area contributed by atoms with Crippen LogP contribution >= 0.6 is 0 Å². The molecule has 0 saturated heterocycles. The van der Waals surface area contributed by atoms with E-state index in [9.17, 15) is 14.4 Å². The molecule has 43 heavy (non-hydrogen) atoms. The van der Waals surface area contributed by atoms with Crippen LogP contribution in [-0.2, 0) is 24.7 Å². The number of rotatable bonds is 20. The van der Waals surface area contributed by atoms with Gasteiger partial charge < -0.3 is 15.4 Å². The fraction of sp³-hybridized carbons (Fsp3) is 0.378. The van der Waals surface area contributed by atoms with Crippen LogP contribution in [0.15, 0.2) is 115 Å². The molecule has 6 nitrogen and oxygen atoms in total. The summed E-state index contributed by atoms with van der Waals surface area (Å²) in [6, 6.07) is 9.12. The van der Waals surface area contributed by atoms with Gasteiger partial charge in [-0.2, -0.15) is 0 Å². The highest BCUT2D eigenvalue weighted by Gasteiger charge is 2.43. The topological polar surface area (TPSA) is 84.5 Å². The summed E-state index contributed by atoms with van der Waals surface area (Å²) in [5.74, 6) is -0.700. The number of hydrogen-bond acceptors (Lipinski definition) is 4. The Labute approximate surface area is 258 Å². The lowest BCUT2D eigenvalue weighted by atomic mass is 9.92. The van der Waals surface area contributed by atoms with E-state index in [4.69, 9.17) is 4.74 Å². The van der Waals surface area contributed by atoms with Crippen molar-refractivity contribution < 1.29 is 19.1 Å². The molecule has 0 radical (unpaired) electrons. The van der Waals surface area contributed by atoms with E-state index in [1.54, 1.807) is 19.1 Å². The molecule has 2 amide bonds. The first kappa shape index (κ1) is 35.0. The summed E-state index contributed by atoms with van der Waals surface area (Å²) in [7, 11) is 0. The zero-order valence-electron chi connectivity index (χ0n) is 25.8. The van der Waals surface area contributed by atoms with Crippen LogP contribution in [0.25, 0.3) is 0 Å². The minimum atomic E-state index is -1.19. The summed E-state index contributed by atoms with van der Waals surface area (Å²) in [4.78, 5) is 37.0. The van der Waals surface area contributed by atoms with Gasteiger partial charge in [-0.1, -0.05) is 110 Å². The van der Waals surface area contributed by atoms with E-state index in [1.807, 2.05) is 24.3 Å². The zero-order valence-corrected chi connectivity index (χ0v) is 25.8. The molecule has 0 aromatic heterocycles. The summed E-state index contributed by atoms with van der Waals surface area (Å²) >= 11 is 0. The lowest BCUT2D eigenvalue weighted by Crippen LogP contribution is -2.33. The fourth-order valence-corrected chi connectivity index (χ4v) is 4.17. The summed E-state index contributed by atoms with van der Waals surface area (Å²) in [6.45, 7) is 4.64. The first-order valence-electron chi connectivity index (χ1n) is 15.4. The second kappa shape index (κ2) is 21.5. The second-order valence-corrected chi connectivity index (χ2v) is 10.3. The Hall–Kier alpha value is -4.19. The standard InChI is InChI=1S/C37H48N2O4/c1-3-4-5-6-7-8-9-10-11-12-13-14-15-16-17-18-19-20-24-28-35(41)38-29-25-30-39-36(42)33-31-34(40)37(2,43-33)32-26-22-21-23-27-32/h4-5,7-8,10-11,13-14,16-17,19-23,26-27,31H,3,6,9,12,15,18,24-25,28-30H2,1-2H3,(H,38,41)(H,39,42)/b5-4-,8-7-,11-10-,14-13-,17-16-,20-19-. The van der Waals surface area contributed by atoms with Crippen molar-refractivity contribution in [1.82, 2.24) is 10.6 Å². The SMILES string of the molecule is CC/C=C\C/C=C\C/C=C\C/C=C\C/C=C\C/C=C\CCC(=O)NCCCNC(=O)C1=CC(=O)C(C)(c2ccccc2)O1. The normalized spacial score (nSPS) is 17.3. The number of carbonyl (C=O) groups is 3. The largest absolute Gasteiger partial charge is 0.469 e. The number of allylic oxidation sites excluding steroid dienone is 12. The predicted octanol–water partition coefficient (Wildman–Crippen LogP) is 7.49. The van der Waals surface area contributed by atoms with Crippen LogP contribution in [-0.4, -0.2) is 30.7 Å². The molecule has 1 unspecified atom stereocenters. The monoisotopic (exact) mass is 584 g/mol. The molecule has 1 aliphatic rings. The molecule has 1 aromatic carbocycles. The van der Waals surface area contributed by atoms with Crippen molar-refractivity contribution in [3.8, 4) is 0 Å². The number of benzene rings is 1. The molecule has 0 spiro atoms. The Morgan fingerprint density at radius 1 is 0.744 bits per heavy atom. The van der Waals surface area contributed by atoms with Gasteiger partial charge in [0.2, 0.25) is 11.7 Å². The van der Waals surface area contributed by atoms with Gasteiger partial charge in [-0.3, -0.25) is 14.4 Å². The van der Waals surface area contributed by atoms with E-state index in [1.165, 1.54) is 6.08 Å². The number of nitrogens with one attached hydrogen (secondary N) is 2. The third kappa shape index (κ3) is 14.5. The van der Waals surface area contributed by atoms with Crippen LogP contribution in [0.2, 0.25) is 0 Å². The summed E-state index contributed by atoms with van der Waals surface area (Å²) < 4.78 is 5.74. The van der Waals surface area contributed by atoms with Gasteiger partial charge in [-0.25, -0.2) is 0 Å². The van der Waals surface area contributed by atoms with Gasteiger partial charge in [-0.05, 0) is 58.3 Å². The first-order chi connectivity index (χ1) is 21.0. The predicted molar refractivity (Wildman–Crippen MR) is 176 cm³/mol. The second-order valence-electron chi connectivity index (χ2n) is 10.3. The Balaban J connectivity index is 1.45. The third-order valence-corrected chi connectivity index (χ3v) is 6.69. The first-order valence-corrected chi connectivity index (χ1v) is 15.4. The van der Waals surface area contributed by atoms with E-state index in [2.05, 4.69) is 84.4 Å². The van der Waals surface area contributed by atoms with E-state index in [-0.39, 0.29) is 17.4 Å². The number of ether oxygens (including phenoxy) is 1.